The van der Waals surface area contributed by atoms with Gasteiger partial charge in [0.1, 0.15) is 11.3 Å². The third-order valence-corrected chi connectivity index (χ3v) is 3.69. The van der Waals surface area contributed by atoms with Gasteiger partial charge in [0.05, 0.1) is 5.41 Å². The zero-order valence-electron chi connectivity index (χ0n) is 10.9. The molecular formula is C14H16FNO3. The highest BCUT2D eigenvalue weighted by molar-refractivity contribution is 5.75. The number of hydrogen-bond donors (Lipinski definition) is 1. The van der Waals surface area contributed by atoms with Crippen molar-refractivity contribution in [2.75, 3.05) is 0 Å². The summed E-state index contributed by atoms with van der Waals surface area (Å²) in [5.41, 5.74) is 0.0174. The molecule has 0 saturated carbocycles. The molecule has 0 aliphatic carbocycles. The van der Waals surface area contributed by atoms with Crippen LogP contribution in [-0.4, -0.2) is 16.1 Å². The van der Waals surface area contributed by atoms with Gasteiger partial charge in [0, 0.05) is 12.5 Å². The first-order chi connectivity index (χ1) is 9.00. The van der Waals surface area contributed by atoms with Crippen LogP contribution in [-0.2, 0) is 11.2 Å². The molecular weight excluding hydrogens is 249 g/mol. The molecule has 19 heavy (non-hydrogen) atoms. The Morgan fingerprint density at radius 3 is 2.68 bits per heavy atom. The molecule has 2 rings (SSSR count). The number of aromatic nitrogens is 1. The van der Waals surface area contributed by atoms with Gasteiger partial charge in [-0.1, -0.05) is 13.8 Å². The van der Waals surface area contributed by atoms with Gasteiger partial charge in [0.15, 0.2) is 11.5 Å². The number of rotatable bonds is 5. The first-order valence-corrected chi connectivity index (χ1v) is 6.29. The number of aliphatic carboxylic acids is 1. The molecule has 0 aliphatic heterocycles. The lowest BCUT2D eigenvalue weighted by atomic mass is 9.79. The van der Waals surface area contributed by atoms with Crippen LogP contribution in [0.5, 0.6) is 0 Å². The Balaban J connectivity index is 2.36. The monoisotopic (exact) mass is 265 g/mol. The molecule has 1 N–H and O–H groups in total. The minimum atomic E-state index is -0.876. The van der Waals surface area contributed by atoms with Gasteiger partial charge in [0.25, 0.3) is 0 Å². The van der Waals surface area contributed by atoms with E-state index in [0.29, 0.717) is 29.8 Å². The summed E-state index contributed by atoms with van der Waals surface area (Å²) in [4.78, 5) is 15.6. The molecule has 102 valence electrons. The molecule has 0 spiro atoms. The van der Waals surface area contributed by atoms with E-state index in [1.54, 1.807) is 0 Å². The number of carboxylic acids is 1. The highest BCUT2D eigenvalue weighted by Gasteiger charge is 2.36. The second-order valence-electron chi connectivity index (χ2n) is 4.69. The van der Waals surface area contributed by atoms with Crippen LogP contribution in [0.4, 0.5) is 4.39 Å². The fraction of sp³-hybridized carbons (Fsp3) is 0.429. The summed E-state index contributed by atoms with van der Waals surface area (Å²) < 4.78 is 18.6. The van der Waals surface area contributed by atoms with Crippen molar-refractivity contribution in [3.8, 4) is 0 Å². The van der Waals surface area contributed by atoms with E-state index >= 15 is 0 Å². The number of halogens is 1. The first kappa shape index (κ1) is 13.5. The number of carbonyl (C=O) groups is 1. The van der Waals surface area contributed by atoms with Crippen molar-refractivity contribution in [1.29, 1.82) is 0 Å². The van der Waals surface area contributed by atoms with Gasteiger partial charge >= 0.3 is 5.97 Å². The first-order valence-electron chi connectivity index (χ1n) is 6.29. The second kappa shape index (κ2) is 4.99. The van der Waals surface area contributed by atoms with Crippen molar-refractivity contribution < 1.29 is 18.7 Å². The second-order valence-corrected chi connectivity index (χ2v) is 4.69. The maximum Gasteiger partial charge on any atom is 0.310 e. The molecule has 1 aromatic heterocycles. The van der Waals surface area contributed by atoms with E-state index in [2.05, 4.69) is 4.98 Å². The lowest BCUT2D eigenvalue weighted by molar-refractivity contribution is -0.149. The molecule has 0 saturated heterocycles. The largest absolute Gasteiger partial charge is 0.481 e. The molecule has 1 heterocycles. The summed E-state index contributed by atoms with van der Waals surface area (Å²) >= 11 is 0. The Labute approximate surface area is 110 Å². The lowest BCUT2D eigenvalue weighted by Crippen LogP contribution is -2.32. The van der Waals surface area contributed by atoms with E-state index in [1.165, 1.54) is 18.2 Å². The normalized spacial score (nSPS) is 11.9. The van der Waals surface area contributed by atoms with Crippen LogP contribution in [0.3, 0.4) is 0 Å². The summed E-state index contributed by atoms with van der Waals surface area (Å²) in [6.07, 6.45) is 1.20. The van der Waals surface area contributed by atoms with Crippen LogP contribution in [0.1, 0.15) is 32.6 Å². The number of hydrogen-bond acceptors (Lipinski definition) is 3. The van der Waals surface area contributed by atoms with E-state index in [-0.39, 0.29) is 12.2 Å². The third-order valence-electron chi connectivity index (χ3n) is 3.69. The maximum atomic E-state index is 13.1. The number of oxazole rings is 1. The van der Waals surface area contributed by atoms with E-state index in [1.807, 2.05) is 13.8 Å². The van der Waals surface area contributed by atoms with Crippen molar-refractivity contribution in [2.24, 2.45) is 5.41 Å². The Kier molecular flexibility index (Phi) is 3.55. The molecule has 5 heteroatoms. The van der Waals surface area contributed by atoms with Gasteiger partial charge in [-0.2, -0.15) is 0 Å². The summed E-state index contributed by atoms with van der Waals surface area (Å²) in [5.74, 6) is -0.902. The average molecular weight is 265 g/mol. The predicted octanol–water partition coefficient (Wildman–Crippen LogP) is 3.40. The van der Waals surface area contributed by atoms with Gasteiger partial charge in [-0.15, -0.1) is 0 Å². The summed E-state index contributed by atoms with van der Waals surface area (Å²) in [5, 5.41) is 9.37. The summed E-state index contributed by atoms with van der Waals surface area (Å²) in [6, 6.07) is 4.07. The minimum Gasteiger partial charge on any atom is -0.481 e. The van der Waals surface area contributed by atoms with Crippen molar-refractivity contribution in [2.45, 2.75) is 33.1 Å². The quantitative estimate of drug-likeness (QED) is 0.899. The minimum absolute atomic E-state index is 0.214. The van der Waals surface area contributed by atoms with Gasteiger partial charge in [-0.25, -0.2) is 9.37 Å². The van der Waals surface area contributed by atoms with Crippen molar-refractivity contribution in [3.63, 3.8) is 0 Å². The number of fused-ring (bicyclic) bond motifs is 1. The van der Waals surface area contributed by atoms with Crippen molar-refractivity contribution >= 4 is 17.1 Å². The van der Waals surface area contributed by atoms with Gasteiger partial charge in [-0.3, -0.25) is 4.79 Å². The Bertz CT molecular complexity index is 602. The topological polar surface area (TPSA) is 63.3 Å². The van der Waals surface area contributed by atoms with E-state index in [9.17, 15) is 14.3 Å². The van der Waals surface area contributed by atoms with Gasteiger partial charge in [-0.05, 0) is 25.0 Å². The number of carboxylic acid groups (broad SMARTS) is 1. The molecule has 0 unspecified atom stereocenters. The lowest BCUT2D eigenvalue weighted by Gasteiger charge is -2.24. The van der Waals surface area contributed by atoms with Crippen LogP contribution >= 0.6 is 0 Å². The van der Waals surface area contributed by atoms with Crippen molar-refractivity contribution in [1.82, 2.24) is 4.98 Å². The molecule has 0 radical (unpaired) electrons. The molecule has 0 fully saturated rings. The number of benzene rings is 1. The van der Waals surface area contributed by atoms with Crippen LogP contribution in [0, 0.1) is 11.2 Å². The third kappa shape index (κ3) is 2.45. The maximum absolute atomic E-state index is 13.1. The van der Waals surface area contributed by atoms with Crippen LogP contribution < -0.4 is 0 Å². The SMILES string of the molecule is CCC(CC)(Cc1nc2cc(F)ccc2o1)C(=O)O. The van der Waals surface area contributed by atoms with E-state index in [0.717, 1.165) is 0 Å². The standard InChI is InChI=1S/C14H16FNO3/c1-3-14(4-2,13(17)18)8-12-16-10-7-9(15)5-6-11(10)19-12/h5-7H,3-4,8H2,1-2H3,(H,17,18). The molecule has 0 amide bonds. The van der Waals surface area contributed by atoms with Crippen LogP contribution in [0.15, 0.2) is 22.6 Å². The summed E-state index contributed by atoms with van der Waals surface area (Å²) in [6.45, 7) is 3.67. The van der Waals surface area contributed by atoms with Gasteiger partial charge in [0.2, 0.25) is 0 Å². The van der Waals surface area contributed by atoms with Crippen molar-refractivity contribution in [3.05, 3.63) is 29.9 Å². The molecule has 0 bridgehead atoms. The van der Waals surface area contributed by atoms with E-state index in [4.69, 9.17) is 4.42 Å². The average Bonchev–Trinajstić information content (AvgIpc) is 2.77. The number of nitrogens with zero attached hydrogens (tertiary/aromatic N) is 1. The zero-order valence-corrected chi connectivity index (χ0v) is 10.9. The highest BCUT2D eigenvalue weighted by atomic mass is 19.1. The Hall–Kier alpha value is -1.91. The fourth-order valence-corrected chi connectivity index (χ4v) is 2.19. The highest BCUT2D eigenvalue weighted by Crippen LogP contribution is 2.32. The molecule has 1 aromatic carbocycles. The molecule has 0 atom stereocenters. The molecule has 4 nitrogen and oxygen atoms in total. The molecule has 2 aromatic rings. The van der Waals surface area contributed by atoms with Gasteiger partial charge < -0.3 is 9.52 Å². The zero-order chi connectivity index (χ0) is 14.0. The van der Waals surface area contributed by atoms with E-state index < -0.39 is 11.4 Å². The fourth-order valence-electron chi connectivity index (χ4n) is 2.19. The smallest absolute Gasteiger partial charge is 0.310 e. The Morgan fingerprint density at radius 2 is 2.11 bits per heavy atom. The predicted molar refractivity (Wildman–Crippen MR) is 68.3 cm³/mol. The van der Waals surface area contributed by atoms with Crippen LogP contribution in [0.25, 0.3) is 11.1 Å². The molecule has 0 aliphatic rings. The van der Waals surface area contributed by atoms with Crippen LogP contribution in [0.2, 0.25) is 0 Å². The summed E-state index contributed by atoms with van der Waals surface area (Å²) in [7, 11) is 0. The Morgan fingerprint density at radius 1 is 1.42 bits per heavy atom.